The highest BCUT2D eigenvalue weighted by Gasteiger charge is 2.15. The van der Waals surface area contributed by atoms with E-state index in [-0.39, 0.29) is 0 Å². The molecular formula is C13H11Br2N3. The molecule has 0 spiro atoms. The summed E-state index contributed by atoms with van der Waals surface area (Å²) in [5, 5.41) is 9.08. The lowest BCUT2D eigenvalue weighted by atomic mass is 10.2. The van der Waals surface area contributed by atoms with Gasteiger partial charge in [0.2, 0.25) is 0 Å². The fourth-order valence-corrected chi connectivity index (χ4v) is 3.61. The number of aromatic nitrogens is 1. The first-order chi connectivity index (χ1) is 8.45. The van der Waals surface area contributed by atoms with Crippen LogP contribution in [0.4, 0.5) is 5.82 Å². The summed E-state index contributed by atoms with van der Waals surface area (Å²) in [5.74, 6) is 0.473. The van der Waals surface area contributed by atoms with E-state index in [0.29, 0.717) is 11.4 Å². The SMILES string of the molecule is Cc1cn(-c2c(C)cc(Br)cc2Br)c(N)c1C#N. The Morgan fingerprint density at radius 3 is 2.39 bits per heavy atom. The van der Waals surface area contributed by atoms with Gasteiger partial charge in [-0.25, -0.2) is 0 Å². The van der Waals surface area contributed by atoms with Crippen molar-refractivity contribution in [1.29, 1.82) is 5.26 Å². The molecule has 18 heavy (non-hydrogen) atoms. The predicted octanol–water partition coefficient (Wildman–Crippen LogP) is 4.07. The van der Waals surface area contributed by atoms with Gasteiger partial charge in [0.05, 0.1) is 11.3 Å². The molecule has 2 N–H and O–H groups in total. The molecule has 0 saturated heterocycles. The summed E-state index contributed by atoms with van der Waals surface area (Å²) in [6, 6.07) is 6.11. The lowest BCUT2D eigenvalue weighted by Crippen LogP contribution is -2.02. The molecule has 1 aromatic carbocycles. The van der Waals surface area contributed by atoms with Crippen molar-refractivity contribution in [2.75, 3.05) is 5.73 Å². The molecule has 0 atom stereocenters. The number of nitrogens with two attached hydrogens (primary N) is 1. The van der Waals surface area contributed by atoms with Gasteiger partial charge in [0.25, 0.3) is 0 Å². The molecule has 3 nitrogen and oxygen atoms in total. The number of halogens is 2. The van der Waals surface area contributed by atoms with Gasteiger partial charge in [-0.05, 0) is 53.0 Å². The van der Waals surface area contributed by atoms with Crippen molar-refractivity contribution in [2.45, 2.75) is 13.8 Å². The number of aryl methyl sites for hydroxylation is 2. The zero-order chi connectivity index (χ0) is 13.4. The monoisotopic (exact) mass is 367 g/mol. The van der Waals surface area contributed by atoms with Crippen LogP contribution in [0.1, 0.15) is 16.7 Å². The van der Waals surface area contributed by atoms with Gasteiger partial charge in [0.1, 0.15) is 11.9 Å². The summed E-state index contributed by atoms with van der Waals surface area (Å²) < 4.78 is 3.78. The molecule has 5 heteroatoms. The third-order valence-electron chi connectivity index (χ3n) is 2.80. The van der Waals surface area contributed by atoms with Crippen molar-refractivity contribution in [3.05, 3.63) is 44.0 Å². The Kier molecular flexibility index (Phi) is 3.51. The second-order valence-electron chi connectivity index (χ2n) is 4.11. The van der Waals surface area contributed by atoms with Crippen LogP contribution >= 0.6 is 31.9 Å². The van der Waals surface area contributed by atoms with Gasteiger partial charge in [-0.2, -0.15) is 5.26 Å². The molecule has 92 valence electrons. The van der Waals surface area contributed by atoms with Crippen molar-refractivity contribution < 1.29 is 0 Å². The van der Waals surface area contributed by atoms with E-state index < -0.39 is 0 Å². The normalized spacial score (nSPS) is 10.4. The number of nitrogen functional groups attached to an aromatic ring is 1. The fourth-order valence-electron chi connectivity index (χ4n) is 1.98. The highest BCUT2D eigenvalue weighted by atomic mass is 79.9. The van der Waals surface area contributed by atoms with E-state index in [2.05, 4.69) is 37.9 Å². The average molecular weight is 369 g/mol. The largest absolute Gasteiger partial charge is 0.384 e. The van der Waals surface area contributed by atoms with Crippen molar-refractivity contribution in [1.82, 2.24) is 4.57 Å². The van der Waals surface area contributed by atoms with Crippen LogP contribution in [0.3, 0.4) is 0 Å². The lowest BCUT2D eigenvalue weighted by molar-refractivity contribution is 1.06. The van der Waals surface area contributed by atoms with Crippen LogP contribution in [0.5, 0.6) is 0 Å². The van der Waals surface area contributed by atoms with Crippen LogP contribution in [0, 0.1) is 25.2 Å². The van der Waals surface area contributed by atoms with E-state index in [0.717, 1.165) is 25.8 Å². The molecule has 0 bridgehead atoms. The topological polar surface area (TPSA) is 54.7 Å². The van der Waals surface area contributed by atoms with Gasteiger partial charge in [-0.3, -0.25) is 0 Å². The maximum absolute atomic E-state index is 9.08. The molecule has 0 aliphatic heterocycles. The highest BCUT2D eigenvalue weighted by molar-refractivity contribution is 9.11. The molecular weight excluding hydrogens is 358 g/mol. The number of hydrogen-bond acceptors (Lipinski definition) is 2. The minimum atomic E-state index is 0.473. The van der Waals surface area contributed by atoms with Crippen LogP contribution in [0.25, 0.3) is 5.69 Å². The van der Waals surface area contributed by atoms with E-state index in [1.807, 2.05) is 36.7 Å². The molecule has 0 aliphatic carbocycles. The van der Waals surface area contributed by atoms with E-state index in [1.165, 1.54) is 0 Å². The predicted molar refractivity (Wildman–Crippen MR) is 79.8 cm³/mol. The number of benzene rings is 1. The number of hydrogen-bond donors (Lipinski definition) is 1. The van der Waals surface area contributed by atoms with Gasteiger partial charge in [0, 0.05) is 15.1 Å². The quantitative estimate of drug-likeness (QED) is 0.824. The van der Waals surface area contributed by atoms with Crippen LogP contribution in [0.15, 0.2) is 27.3 Å². The van der Waals surface area contributed by atoms with Crippen molar-refractivity contribution in [2.24, 2.45) is 0 Å². The van der Waals surface area contributed by atoms with Crippen LogP contribution < -0.4 is 5.73 Å². The summed E-state index contributed by atoms with van der Waals surface area (Å²) in [5.41, 5.74) is 9.47. The Hall–Kier alpha value is -1.25. The standard InChI is InChI=1S/C13H11Br2N3/c1-7-3-9(14)4-11(15)12(7)18-6-8(2)10(5-16)13(18)17/h3-4,6H,17H2,1-2H3. The van der Waals surface area contributed by atoms with Crippen LogP contribution in [-0.2, 0) is 0 Å². The van der Waals surface area contributed by atoms with Crippen molar-refractivity contribution in [3.63, 3.8) is 0 Å². The molecule has 0 fully saturated rings. The highest BCUT2D eigenvalue weighted by Crippen LogP contribution is 2.32. The zero-order valence-corrected chi connectivity index (χ0v) is 13.1. The molecule has 0 aliphatic rings. The zero-order valence-electron chi connectivity index (χ0n) is 9.96. The second-order valence-corrected chi connectivity index (χ2v) is 5.88. The molecule has 0 unspecified atom stereocenters. The van der Waals surface area contributed by atoms with Gasteiger partial charge in [0.15, 0.2) is 0 Å². The number of nitrogens with zero attached hydrogens (tertiary/aromatic N) is 2. The molecule has 1 heterocycles. The average Bonchev–Trinajstić information content (AvgIpc) is 2.53. The maximum atomic E-state index is 9.08. The Morgan fingerprint density at radius 1 is 1.22 bits per heavy atom. The molecule has 0 amide bonds. The van der Waals surface area contributed by atoms with Gasteiger partial charge in [-0.15, -0.1) is 0 Å². The molecule has 2 rings (SSSR count). The first-order valence-corrected chi connectivity index (χ1v) is 6.88. The smallest absolute Gasteiger partial charge is 0.126 e. The Morgan fingerprint density at radius 2 is 1.89 bits per heavy atom. The third-order valence-corrected chi connectivity index (χ3v) is 3.87. The Balaban J connectivity index is 2.75. The summed E-state index contributed by atoms with van der Waals surface area (Å²) in [7, 11) is 0. The van der Waals surface area contributed by atoms with Crippen LogP contribution in [0.2, 0.25) is 0 Å². The van der Waals surface area contributed by atoms with Gasteiger partial charge >= 0.3 is 0 Å². The first-order valence-electron chi connectivity index (χ1n) is 5.29. The minimum Gasteiger partial charge on any atom is -0.384 e. The van der Waals surface area contributed by atoms with E-state index in [1.54, 1.807) is 0 Å². The second kappa shape index (κ2) is 4.79. The number of nitriles is 1. The summed E-state index contributed by atoms with van der Waals surface area (Å²) in [4.78, 5) is 0. The van der Waals surface area contributed by atoms with Crippen molar-refractivity contribution in [3.8, 4) is 11.8 Å². The van der Waals surface area contributed by atoms with E-state index in [4.69, 9.17) is 11.0 Å². The Labute approximate surface area is 122 Å². The summed E-state index contributed by atoms with van der Waals surface area (Å²) in [6.45, 7) is 3.89. The Bertz CT molecular complexity index is 643. The molecule has 0 radical (unpaired) electrons. The summed E-state index contributed by atoms with van der Waals surface area (Å²) in [6.07, 6.45) is 1.88. The van der Waals surface area contributed by atoms with Gasteiger partial charge < -0.3 is 10.3 Å². The number of anilines is 1. The van der Waals surface area contributed by atoms with E-state index in [9.17, 15) is 0 Å². The van der Waals surface area contributed by atoms with Crippen LogP contribution in [-0.4, -0.2) is 4.57 Å². The molecule has 2 aromatic rings. The fraction of sp³-hybridized carbons (Fsp3) is 0.154. The third kappa shape index (κ3) is 2.06. The first kappa shape index (κ1) is 13.2. The number of rotatable bonds is 1. The summed E-state index contributed by atoms with van der Waals surface area (Å²) >= 11 is 6.98. The van der Waals surface area contributed by atoms with E-state index >= 15 is 0 Å². The minimum absolute atomic E-state index is 0.473. The molecule has 1 aromatic heterocycles. The maximum Gasteiger partial charge on any atom is 0.126 e. The van der Waals surface area contributed by atoms with Gasteiger partial charge in [-0.1, -0.05) is 15.9 Å². The molecule has 0 saturated carbocycles. The lowest BCUT2D eigenvalue weighted by Gasteiger charge is -2.12. The van der Waals surface area contributed by atoms with Crippen molar-refractivity contribution >= 4 is 37.7 Å².